The summed E-state index contributed by atoms with van der Waals surface area (Å²) in [7, 11) is 0. The zero-order valence-electron chi connectivity index (χ0n) is 19.3. The maximum Gasteiger partial charge on any atom is 0.289 e. The van der Waals surface area contributed by atoms with Gasteiger partial charge in [-0.25, -0.2) is 10.1 Å². The van der Waals surface area contributed by atoms with E-state index in [0.29, 0.717) is 11.6 Å². The summed E-state index contributed by atoms with van der Waals surface area (Å²) in [4.78, 5) is 12.5. The molecule has 1 amide bonds. The first-order chi connectivity index (χ1) is 15.9. The van der Waals surface area contributed by atoms with E-state index in [1.165, 1.54) is 5.56 Å². The number of para-hydroxylation sites is 1. The number of aryl methyl sites for hydroxylation is 1. The second-order valence-corrected chi connectivity index (χ2v) is 8.49. The molecule has 0 radical (unpaired) electrons. The standard InChI is InChI=1S/C26H28N6O/c1-17(2)14-20-10-12-21(13-11-20)24-15-25(29-28-24)26(33)30-27-16-23-18(3)31-32(19(23)4)22-8-6-5-7-9-22/h5-13,15-17H,14H2,1-4H3,(H,28,29)(H,30,33)/b27-16-. The van der Waals surface area contributed by atoms with Gasteiger partial charge >= 0.3 is 0 Å². The van der Waals surface area contributed by atoms with Gasteiger partial charge in [0.1, 0.15) is 5.69 Å². The smallest absolute Gasteiger partial charge is 0.272 e. The number of aromatic nitrogens is 4. The average molecular weight is 441 g/mol. The van der Waals surface area contributed by atoms with Gasteiger partial charge in [0.15, 0.2) is 0 Å². The number of benzene rings is 2. The first-order valence-corrected chi connectivity index (χ1v) is 11.0. The van der Waals surface area contributed by atoms with Crippen LogP contribution in [0.15, 0.2) is 65.8 Å². The lowest BCUT2D eigenvalue weighted by atomic mass is 10.0. The van der Waals surface area contributed by atoms with Crippen molar-refractivity contribution in [2.45, 2.75) is 34.1 Å². The minimum Gasteiger partial charge on any atom is -0.272 e. The van der Waals surface area contributed by atoms with Crippen LogP contribution in [0.5, 0.6) is 0 Å². The largest absolute Gasteiger partial charge is 0.289 e. The minimum atomic E-state index is -0.354. The molecule has 0 aliphatic carbocycles. The predicted octanol–water partition coefficient (Wildman–Crippen LogP) is 4.84. The molecule has 0 unspecified atom stereocenters. The number of aromatic amines is 1. The van der Waals surface area contributed by atoms with E-state index in [4.69, 9.17) is 0 Å². The van der Waals surface area contributed by atoms with Crippen molar-refractivity contribution >= 4 is 12.1 Å². The Labute approximate surface area is 193 Å². The lowest BCUT2D eigenvalue weighted by Crippen LogP contribution is -2.18. The number of nitrogens with zero attached hydrogens (tertiary/aromatic N) is 4. The second kappa shape index (κ2) is 9.65. The predicted molar refractivity (Wildman–Crippen MR) is 131 cm³/mol. The van der Waals surface area contributed by atoms with Crippen LogP contribution < -0.4 is 5.43 Å². The number of hydrogen-bond acceptors (Lipinski definition) is 4. The normalized spacial score (nSPS) is 11.4. The van der Waals surface area contributed by atoms with E-state index in [1.807, 2.05) is 61.0 Å². The summed E-state index contributed by atoms with van der Waals surface area (Å²) in [5, 5.41) is 15.8. The summed E-state index contributed by atoms with van der Waals surface area (Å²) < 4.78 is 1.87. The van der Waals surface area contributed by atoms with Gasteiger partial charge in [0, 0.05) is 11.1 Å². The van der Waals surface area contributed by atoms with E-state index in [2.05, 4.69) is 51.8 Å². The fourth-order valence-electron chi connectivity index (χ4n) is 3.75. The molecule has 7 nitrogen and oxygen atoms in total. The van der Waals surface area contributed by atoms with Gasteiger partial charge in [-0.1, -0.05) is 56.3 Å². The molecule has 0 fully saturated rings. The van der Waals surface area contributed by atoms with Crippen molar-refractivity contribution < 1.29 is 4.79 Å². The number of carbonyl (C=O) groups excluding carboxylic acids is 1. The summed E-state index contributed by atoms with van der Waals surface area (Å²) in [6.45, 7) is 8.30. The molecule has 2 aromatic carbocycles. The van der Waals surface area contributed by atoms with Crippen LogP contribution in [0, 0.1) is 19.8 Å². The molecule has 0 bridgehead atoms. The third-order valence-corrected chi connectivity index (χ3v) is 5.42. The quantitative estimate of drug-likeness (QED) is 0.318. The second-order valence-electron chi connectivity index (χ2n) is 8.49. The summed E-state index contributed by atoms with van der Waals surface area (Å²) in [6.07, 6.45) is 2.66. The fraction of sp³-hybridized carbons (Fsp3) is 0.231. The lowest BCUT2D eigenvalue weighted by molar-refractivity contribution is 0.0950. The molecule has 2 N–H and O–H groups in total. The van der Waals surface area contributed by atoms with E-state index in [-0.39, 0.29) is 5.91 Å². The van der Waals surface area contributed by atoms with Crippen molar-refractivity contribution in [1.29, 1.82) is 0 Å². The lowest BCUT2D eigenvalue weighted by Gasteiger charge is -2.05. The molecule has 2 heterocycles. The number of amides is 1. The maximum atomic E-state index is 12.5. The van der Waals surface area contributed by atoms with E-state index in [0.717, 1.165) is 40.3 Å². The van der Waals surface area contributed by atoms with Gasteiger partial charge in [-0.3, -0.25) is 9.89 Å². The number of H-pyrrole nitrogens is 1. The van der Waals surface area contributed by atoms with Gasteiger partial charge < -0.3 is 0 Å². The van der Waals surface area contributed by atoms with Gasteiger partial charge in [-0.15, -0.1) is 0 Å². The molecule has 0 saturated heterocycles. The van der Waals surface area contributed by atoms with Crippen molar-refractivity contribution in [1.82, 2.24) is 25.4 Å². The highest BCUT2D eigenvalue weighted by Gasteiger charge is 2.13. The van der Waals surface area contributed by atoms with Crippen LogP contribution in [0.3, 0.4) is 0 Å². The topological polar surface area (TPSA) is 88.0 Å². The van der Waals surface area contributed by atoms with Gasteiger partial charge in [-0.05, 0) is 49.9 Å². The molecular formula is C26H28N6O. The summed E-state index contributed by atoms with van der Waals surface area (Å²) in [5.41, 5.74) is 9.51. The summed E-state index contributed by atoms with van der Waals surface area (Å²) >= 11 is 0. The van der Waals surface area contributed by atoms with Gasteiger partial charge in [0.25, 0.3) is 5.91 Å². The van der Waals surface area contributed by atoms with Crippen molar-refractivity contribution in [3.05, 3.63) is 88.9 Å². The number of hydrazone groups is 1. The monoisotopic (exact) mass is 440 g/mol. The van der Waals surface area contributed by atoms with Crippen LogP contribution in [0.4, 0.5) is 0 Å². The Balaban J connectivity index is 1.43. The van der Waals surface area contributed by atoms with Crippen LogP contribution in [-0.2, 0) is 6.42 Å². The Kier molecular flexibility index (Phi) is 6.49. The number of nitrogens with one attached hydrogen (secondary N) is 2. The Morgan fingerprint density at radius 1 is 1.12 bits per heavy atom. The van der Waals surface area contributed by atoms with Gasteiger partial charge in [0.05, 0.1) is 29.0 Å². The molecule has 0 aliphatic rings. The van der Waals surface area contributed by atoms with Crippen LogP contribution in [0.25, 0.3) is 16.9 Å². The van der Waals surface area contributed by atoms with Crippen LogP contribution in [0.2, 0.25) is 0 Å². The third kappa shape index (κ3) is 5.09. The van der Waals surface area contributed by atoms with Crippen LogP contribution >= 0.6 is 0 Å². The number of carbonyl (C=O) groups is 1. The summed E-state index contributed by atoms with van der Waals surface area (Å²) in [6, 6.07) is 19.9. The van der Waals surface area contributed by atoms with Crippen molar-refractivity contribution in [2.75, 3.05) is 0 Å². The molecule has 7 heteroatoms. The molecular weight excluding hydrogens is 412 g/mol. The van der Waals surface area contributed by atoms with Gasteiger partial charge in [-0.2, -0.15) is 15.3 Å². The zero-order valence-corrected chi connectivity index (χ0v) is 19.3. The molecule has 168 valence electrons. The molecule has 0 aliphatic heterocycles. The minimum absolute atomic E-state index is 0.349. The van der Waals surface area contributed by atoms with E-state index in [9.17, 15) is 4.79 Å². The van der Waals surface area contributed by atoms with Crippen LogP contribution in [-0.4, -0.2) is 32.1 Å². The molecule has 33 heavy (non-hydrogen) atoms. The highest BCUT2D eigenvalue weighted by Crippen LogP contribution is 2.20. The highest BCUT2D eigenvalue weighted by molar-refractivity contribution is 5.94. The Bertz CT molecular complexity index is 1270. The van der Waals surface area contributed by atoms with E-state index < -0.39 is 0 Å². The molecule has 0 spiro atoms. The zero-order chi connectivity index (χ0) is 23.4. The highest BCUT2D eigenvalue weighted by atomic mass is 16.2. The summed E-state index contributed by atoms with van der Waals surface area (Å²) in [5.74, 6) is 0.254. The Morgan fingerprint density at radius 2 is 1.85 bits per heavy atom. The molecule has 4 rings (SSSR count). The Morgan fingerprint density at radius 3 is 2.55 bits per heavy atom. The number of rotatable bonds is 7. The van der Waals surface area contributed by atoms with Crippen LogP contribution in [0.1, 0.15) is 46.9 Å². The van der Waals surface area contributed by atoms with Gasteiger partial charge in [0.2, 0.25) is 0 Å². The first-order valence-electron chi connectivity index (χ1n) is 11.0. The van der Waals surface area contributed by atoms with Crippen molar-refractivity contribution in [3.63, 3.8) is 0 Å². The Hall–Kier alpha value is -4.00. The third-order valence-electron chi connectivity index (χ3n) is 5.42. The molecule has 4 aromatic rings. The number of hydrogen-bond donors (Lipinski definition) is 2. The molecule has 0 saturated carbocycles. The van der Waals surface area contributed by atoms with Crippen molar-refractivity contribution in [2.24, 2.45) is 11.0 Å². The average Bonchev–Trinajstić information content (AvgIpc) is 3.40. The molecule has 2 aromatic heterocycles. The molecule has 0 atom stereocenters. The first kappa shape index (κ1) is 22.2. The van der Waals surface area contributed by atoms with E-state index in [1.54, 1.807) is 12.3 Å². The SMILES string of the molecule is Cc1nn(-c2ccccc2)c(C)c1/C=N\NC(=O)c1cc(-c2ccc(CC(C)C)cc2)n[nH]1. The van der Waals surface area contributed by atoms with Crippen molar-refractivity contribution in [3.8, 4) is 16.9 Å². The fourth-order valence-corrected chi connectivity index (χ4v) is 3.75. The van der Waals surface area contributed by atoms with E-state index >= 15 is 0 Å². The maximum absolute atomic E-state index is 12.5.